The summed E-state index contributed by atoms with van der Waals surface area (Å²) >= 11 is 0. The van der Waals surface area contributed by atoms with Gasteiger partial charge in [-0.05, 0) is 24.5 Å². The molecule has 3 aliphatic rings. The molecule has 0 radical (unpaired) electrons. The second kappa shape index (κ2) is 4.51. The van der Waals surface area contributed by atoms with Crippen molar-refractivity contribution in [1.82, 2.24) is 4.90 Å². The van der Waals surface area contributed by atoms with Gasteiger partial charge >= 0.3 is 0 Å². The average molecular weight is 267 g/mol. The number of nitrogens with zero attached hydrogens (tertiary/aromatic N) is 1. The smallest absolute Gasteiger partial charge is 0.0507 e. The van der Waals surface area contributed by atoms with Gasteiger partial charge in [0.1, 0.15) is 0 Å². The summed E-state index contributed by atoms with van der Waals surface area (Å²) < 4.78 is 0. The van der Waals surface area contributed by atoms with Crippen LogP contribution in [-0.2, 0) is 5.41 Å². The molecule has 1 aliphatic carbocycles. The van der Waals surface area contributed by atoms with Gasteiger partial charge in [-0.1, -0.05) is 64.1 Å². The monoisotopic (exact) mass is 267 g/mol. The summed E-state index contributed by atoms with van der Waals surface area (Å²) in [4.78, 5) is 2.65. The maximum atomic E-state index is 2.65. The van der Waals surface area contributed by atoms with Crippen LogP contribution in [0.4, 0.5) is 0 Å². The van der Waals surface area contributed by atoms with Gasteiger partial charge in [0.05, 0.1) is 5.54 Å². The summed E-state index contributed by atoms with van der Waals surface area (Å²) in [5.41, 5.74) is 5.18. The highest BCUT2D eigenvalue weighted by atomic mass is 15.3. The molecule has 0 amide bonds. The Morgan fingerprint density at radius 1 is 1.20 bits per heavy atom. The van der Waals surface area contributed by atoms with Crippen molar-refractivity contribution in [3.8, 4) is 0 Å². The molecule has 0 aromatic heterocycles. The van der Waals surface area contributed by atoms with Crippen LogP contribution in [0.15, 0.2) is 42.5 Å². The Bertz CT molecular complexity index is 583. The Morgan fingerprint density at radius 2 is 1.95 bits per heavy atom. The molecule has 1 nitrogen and oxygen atoms in total. The van der Waals surface area contributed by atoms with Crippen molar-refractivity contribution >= 4 is 5.70 Å². The zero-order chi connectivity index (χ0) is 14.4. The lowest BCUT2D eigenvalue weighted by atomic mass is 9.81. The molecule has 0 N–H and O–H groups in total. The van der Waals surface area contributed by atoms with Crippen LogP contribution in [0.1, 0.15) is 51.7 Å². The third kappa shape index (κ3) is 1.44. The van der Waals surface area contributed by atoms with Gasteiger partial charge in [0.25, 0.3) is 0 Å². The zero-order valence-corrected chi connectivity index (χ0v) is 13.1. The van der Waals surface area contributed by atoms with Gasteiger partial charge in [-0.15, -0.1) is 0 Å². The molecular formula is C19H25N. The van der Waals surface area contributed by atoms with Crippen LogP contribution >= 0.6 is 0 Å². The molecule has 1 aromatic rings. The fourth-order valence-corrected chi connectivity index (χ4v) is 4.33. The number of allylic oxidation sites excluding steroid dienone is 2. The van der Waals surface area contributed by atoms with E-state index in [9.17, 15) is 0 Å². The van der Waals surface area contributed by atoms with Crippen molar-refractivity contribution in [2.75, 3.05) is 6.54 Å². The lowest BCUT2D eigenvalue weighted by Crippen LogP contribution is -2.45. The van der Waals surface area contributed by atoms with Crippen LogP contribution in [0, 0.1) is 0 Å². The van der Waals surface area contributed by atoms with Gasteiger partial charge in [-0.3, -0.25) is 0 Å². The summed E-state index contributed by atoms with van der Waals surface area (Å²) in [6.45, 7) is 9.86. The van der Waals surface area contributed by atoms with Crippen LogP contribution in [0.25, 0.3) is 5.70 Å². The first-order valence-electron chi connectivity index (χ1n) is 7.97. The van der Waals surface area contributed by atoms with Gasteiger partial charge in [-0.2, -0.15) is 0 Å². The number of rotatable bonds is 1. The predicted octanol–water partition coefficient (Wildman–Crippen LogP) is 4.75. The molecule has 106 valence electrons. The van der Waals surface area contributed by atoms with Crippen molar-refractivity contribution in [1.29, 1.82) is 0 Å². The van der Waals surface area contributed by atoms with E-state index in [0.29, 0.717) is 11.0 Å². The Labute approximate surface area is 123 Å². The van der Waals surface area contributed by atoms with E-state index in [1.54, 1.807) is 5.56 Å². The van der Waals surface area contributed by atoms with Crippen molar-refractivity contribution in [2.45, 2.75) is 51.5 Å². The van der Waals surface area contributed by atoms with Crippen LogP contribution < -0.4 is 0 Å². The van der Waals surface area contributed by atoms with E-state index in [2.05, 4.69) is 61.2 Å². The van der Waals surface area contributed by atoms with Crippen molar-refractivity contribution in [2.24, 2.45) is 0 Å². The fourth-order valence-electron chi connectivity index (χ4n) is 4.33. The summed E-state index contributed by atoms with van der Waals surface area (Å²) in [5.74, 6) is 0. The number of hydrogen-bond donors (Lipinski definition) is 0. The number of benzene rings is 1. The molecule has 4 rings (SSSR count). The van der Waals surface area contributed by atoms with E-state index >= 15 is 0 Å². The Hall–Kier alpha value is -1.50. The first-order chi connectivity index (χ1) is 9.73. The molecule has 1 saturated carbocycles. The van der Waals surface area contributed by atoms with Crippen LogP contribution in [0.2, 0.25) is 0 Å². The molecule has 1 heteroatoms. The molecule has 0 saturated heterocycles. The normalized spacial score (nSPS) is 32.2. The number of hydrogen-bond acceptors (Lipinski definition) is 1. The highest BCUT2D eigenvalue weighted by Crippen LogP contribution is 2.68. The molecule has 20 heavy (non-hydrogen) atoms. The Kier molecular flexibility index (Phi) is 3.04. The van der Waals surface area contributed by atoms with E-state index < -0.39 is 0 Å². The minimum absolute atomic E-state index is 0.362. The molecule has 1 fully saturated rings. The number of fused-ring (bicyclic) bond motifs is 6. The average Bonchev–Trinajstić information content (AvgIpc) is 3.18. The second-order valence-corrected chi connectivity index (χ2v) is 6.03. The van der Waals surface area contributed by atoms with E-state index in [1.165, 1.54) is 24.1 Å². The lowest BCUT2D eigenvalue weighted by Gasteiger charge is -2.44. The molecule has 2 unspecified atom stereocenters. The van der Waals surface area contributed by atoms with Crippen LogP contribution in [0.3, 0.4) is 0 Å². The van der Waals surface area contributed by atoms with Gasteiger partial charge in [0.15, 0.2) is 0 Å². The Morgan fingerprint density at radius 3 is 2.70 bits per heavy atom. The predicted molar refractivity (Wildman–Crippen MR) is 86.6 cm³/mol. The van der Waals surface area contributed by atoms with E-state index in [1.807, 2.05) is 13.8 Å². The summed E-state index contributed by atoms with van der Waals surface area (Å²) in [5, 5.41) is 0. The minimum atomic E-state index is 0.362. The first-order valence-corrected chi connectivity index (χ1v) is 7.97. The first kappa shape index (κ1) is 13.5. The minimum Gasteiger partial charge on any atom is -0.361 e. The van der Waals surface area contributed by atoms with E-state index in [4.69, 9.17) is 0 Å². The molecule has 1 aromatic carbocycles. The largest absolute Gasteiger partial charge is 0.361 e. The standard InChI is InChI=1S/C17H19N.C2H6/c1-3-17-12-16(17,2)14-9-5-4-8-13(14)15-10-6-7-11-18(15)17;1-2/h4-10H,3,11-12H2,1-2H3;1-2H3. The fraction of sp³-hybridized carbons (Fsp3) is 0.474. The van der Waals surface area contributed by atoms with Crippen molar-refractivity contribution in [3.05, 3.63) is 53.6 Å². The van der Waals surface area contributed by atoms with Gasteiger partial charge in [0, 0.05) is 23.2 Å². The molecule has 0 bridgehead atoms. The third-order valence-electron chi connectivity index (χ3n) is 5.42. The maximum absolute atomic E-state index is 2.65. The van der Waals surface area contributed by atoms with Crippen molar-refractivity contribution in [3.63, 3.8) is 0 Å². The SMILES string of the molecule is CC.CCC12CC1(C)c1ccccc1C1=CC=CCN12. The van der Waals surface area contributed by atoms with E-state index in [-0.39, 0.29) is 0 Å². The molecule has 0 spiro atoms. The molecule has 2 aliphatic heterocycles. The van der Waals surface area contributed by atoms with Crippen LogP contribution in [-0.4, -0.2) is 17.0 Å². The quantitative estimate of drug-likeness (QED) is 0.710. The highest BCUT2D eigenvalue weighted by molar-refractivity contribution is 5.77. The van der Waals surface area contributed by atoms with Gasteiger partial charge < -0.3 is 4.90 Å². The molecular weight excluding hydrogens is 242 g/mol. The van der Waals surface area contributed by atoms with Crippen molar-refractivity contribution < 1.29 is 0 Å². The Balaban J connectivity index is 0.000000581. The van der Waals surface area contributed by atoms with E-state index in [0.717, 1.165) is 6.54 Å². The third-order valence-corrected chi connectivity index (χ3v) is 5.42. The molecule has 2 atom stereocenters. The summed E-state index contributed by atoms with van der Waals surface area (Å²) in [6.07, 6.45) is 9.32. The maximum Gasteiger partial charge on any atom is 0.0507 e. The zero-order valence-electron chi connectivity index (χ0n) is 13.1. The second-order valence-electron chi connectivity index (χ2n) is 6.03. The molecule has 2 heterocycles. The highest BCUT2D eigenvalue weighted by Gasteiger charge is 2.69. The van der Waals surface area contributed by atoms with Gasteiger partial charge in [-0.25, -0.2) is 0 Å². The summed E-state index contributed by atoms with van der Waals surface area (Å²) in [7, 11) is 0. The van der Waals surface area contributed by atoms with Crippen LogP contribution in [0.5, 0.6) is 0 Å². The lowest BCUT2D eigenvalue weighted by molar-refractivity contribution is 0.245. The summed E-state index contributed by atoms with van der Waals surface area (Å²) in [6, 6.07) is 8.98. The van der Waals surface area contributed by atoms with Gasteiger partial charge in [0.2, 0.25) is 0 Å². The topological polar surface area (TPSA) is 3.24 Å².